The van der Waals surface area contributed by atoms with Crippen molar-refractivity contribution < 1.29 is 0 Å². The molecule has 0 saturated heterocycles. The zero-order valence-electron chi connectivity index (χ0n) is 33.1. The lowest BCUT2D eigenvalue weighted by atomic mass is 9.95. The van der Waals surface area contributed by atoms with Crippen molar-refractivity contribution in [3.8, 4) is 89.5 Å². The molecule has 0 bridgehead atoms. The Morgan fingerprint density at radius 3 is 1.07 bits per heavy atom. The minimum absolute atomic E-state index is 0.911. The highest BCUT2D eigenvalue weighted by atomic mass is 32.1. The van der Waals surface area contributed by atoms with Crippen molar-refractivity contribution in [1.29, 1.82) is 0 Å². The molecule has 2 nitrogen and oxygen atoms in total. The Kier molecular flexibility index (Phi) is 9.31. The van der Waals surface area contributed by atoms with Gasteiger partial charge in [0.25, 0.3) is 0 Å². The van der Waals surface area contributed by atoms with Crippen molar-refractivity contribution in [3.63, 3.8) is 0 Å². The highest BCUT2D eigenvalue weighted by Gasteiger charge is 2.14. The van der Waals surface area contributed by atoms with Gasteiger partial charge in [0.2, 0.25) is 0 Å². The van der Waals surface area contributed by atoms with Gasteiger partial charge in [0, 0.05) is 42.4 Å². The third kappa shape index (κ3) is 7.27. The summed E-state index contributed by atoms with van der Waals surface area (Å²) >= 11 is 1.85. The minimum atomic E-state index is 0.911. The van der Waals surface area contributed by atoms with Gasteiger partial charge >= 0.3 is 0 Å². The maximum atomic E-state index is 5.11. The van der Waals surface area contributed by atoms with Crippen LogP contribution >= 0.6 is 11.3 Å². The Balaban J connectivity index is 0.962. The van der Waals surface area contributed by atoms with Crippen LogP contribution in [0.25, 0.3) is 110 Å². The van der Waals surface area contributed by atoms with E-state index in [9.17, 15) is 0 Å². The highest BCUT2D eigenvalue weighted by Crippen LogP contribution is 2.40. The molecule has 61 heavy (non-hydrogen) atoms. The molecule has 3 heterocycles. The highest BCUT2D eigenvalue weighted by molar-refractivity contribution is 7.25. The third-order valence-electron chi connectivity index (χ3n) is 11.3. The summed E-state index contributed by atoms with van der Waals surface area (Å²) in [5.74, 6) is 0. The molecule has 0 aliphatic heterocycles. The molecule has 0 spiro atoms. The lowest BCUT2D eigenvalue weighted by Crippen LogP contribution is -1.91. The van der Waals surface area contributed by atoms with E-state index in [1.165, 1.54) is 42.4 Å². The smallest absolute Gasteiger partial charge is 0.0722 e. The molecule has 11 aromatic rings. The molecular weight excluding hydrogens is 757 g/mol. The molecule has 0 amide bonds. The Morgan fingerprint density at radius 1 is 0.279 bits per heavy atom. The molecule has 3 aromatic heterocycles. The molecule has 8 aromatic carbocycles. The molecule has 3 heteroatoms. The Bertz CT molecular complexity index is 3000. The van der Waals surface area contributed by atoms with Crippen LogP contribution in [-0.4, -0.2) is 9.97 Å². The number of pyridine rings is 2. The summed E-state index contributed by atoms with van der Waals surface area (Å²) in [6.07, 6.45) is 0. The van der Waals surface area contributed by atoms with Crippen LogP contribution in [0.15, 0.2) is 218 Å². The Labute approximate surface area is 359 Å². The first kappa shape index (κ1) is 36.2. The van der Waals surface area contributed by atoms with E-state index in [-0.39, 0.29) is 0 Å². The number of hydrogen-bond acceptors (Lipinski definition) is 3. The van der Waals surface area contributed by atoms with Crippen LogP contribution in [0.2, 0.25) is 0 Å². The number of benzene rings is 7. The molecule has 0 unspecified atom stereocenters. The number of hydrogen-bond donors (Lipinski definition) is 0. The summed E-state index contributed by atoms with van der Waals surface area (Å²) in [5.41, 5.74) is 17.4. The van der Waals surface area contributed by atoms with Gasteiger partial charge in [0.1, 0.15) is 0 Å². The first-order valence-electron chi connectivity index (χ1n) is 20.5. The first-order valence-corrected chi connectivity index (χ1v) is 21.3. The molecule has 0 fully saturated rings. The fraction of sp³-hybridized carbons (Fsp3) is 0. The SMILES string of the molecule is c1ccc(-c2cc(-c3cccc(-c4ccc5sc6ccc(-c7cccc(-c8cc(-c9ccccc9)nc(-c9ccccc9)c8)c7)cc6c5c4)c3)cc(-c3ccccc3)n2)cc#1. The van der Waals surface area contributed by atoms with Crippen LogP contribution in [0.3, 0.4) is 0 Å². The molecule has 11 rings (SSSR count). The van der Waals surface area contributed by atoms with Crippen molar-refractivity contribution in [3.05, 3.63) is 231 Å². The fourth-order valence-corrected chi connectivity index (χ4v) is 9.28. The van der Waals surface area contributed by atoms with Gasteiger partial charge in [-0.15, -0.1) is 11.3 Å². The van der Waals surface area contributed by atoms with E-state index in [1.54, 1.807) is 0 Å². The molecule has 0 saturated carbocycles. The number of thiophene rings is 1. The minimum Gasteiger partial charge on any atom is -0.248 e. The summed E-state index contributed by atoms with van der Waals surface area (Å²) in [5, 5.41) is 2.54. The van der Waals surface area contributed by atoms with Gasteiger partial charge in [-0.25, -0.2) is 9.97 Å². The topological polar surface area (TPSA) is 25.8 Å². The van der Waals surface area contributed by atoms with E-state index in [4.69, 9.17) is 9.97 Å². The predicted octanol–water partition coefficient (Wildman–Crippen LogP) is 15.8. The quantitative estimate of drug-likeness (QED) is 0.153. The maximum absolute atomic E-state index is 5.11. The summed E-state index contributed by atoms with van der Waals surface area (Å²) in [6, 6.07) is 83.7. The van der Waals surface area contributed by atoms with Crippen LogP contribution in [0.5, 0.6) is 0 Å². The van der Waals surface area contributed by atoms with Crippen LogP contribution in [0.1, 0.15) is 0 Å². The number of nitrogens with zero attached hydrogens (tertiary/aromatic N) is 2. The van der Waals surface area contributed by atoms with Gasteiger partial charge in [-0.1, -0.05) is 152 Å². The van der Waals surface area contributed by atoms with Crippen molar-refractivity contribution in [2.75, 3.05) is 0 Å². The van der Waals surface area contributed by atoms with Crippen molar-refractivity contribution in [1.82, 2.24) is 9.97 Å². The fourth-order valence-electron chi connectivity index (χ4n) is 8.21. The summed E-state index contributed by atoms with van der Waals surface area (Å²) < 4.78 is 2.56. The van der Waals surface area contributed by atoms with Crippen LogP contribution < -0.4 is 0 Å². The standard InChI is InChI=1S/C58H36N2S/c1-5-15-39(16-6-1)53-35-49(36-54(59-53)40-17-7-2-8-18-40)45-25-13-23-43(31-45)47-27-29-57-51(33-47)52-34-48(28-30-58(52)61-57)44-24-14-26-46(32-44)50-37-55(41-19-9-3-10-20-41)60-56(38-50)42-21-11-4-12-22-42/h1-3,5-11,13-38H. The first-order chi connectivity index (χ1) is 30.2. The van der Waals surface area contributed by atoms with Crippen molar-refractivity contribution >= 4 is 31.5 Å². The second kappa shape index (κ2) is 15.7. The van der Waals surface area contributed by atoms with E-state index in [1.807, 2.05) is 47.7 Å². The molecule has 284 valence electrons. The van der Waals surface area contributed by atoms with E-state index >= 15 is 0 Å². The molecule has 0 aliphatic rings. The molecule has 0 radical (unpaired) electrons. The largest absolute Gasteiger partial charge is 0.248 e. The average Bonchev–Trinajstić information content (AvgIpc) is 3.72. The second-order valence-electron chi connectivity index (χ2n) is 15.3. The Morgan fingerprint density at radius 2 is 0.656 bits per heavy atom. The van der Waals surface area contributed by atoms with E-state index in [2.05, 4.69) is 194 Å². The summed E-state index contributed by atoms with van der Waals surface area (Å²) in [4.78, 5) is 10.2. The zero-order valence-corrected chi connectivity index (χ0v) is 33.9. The number of fused-ring (bicyclic) bond motifs is 3. The monoisotopic (exact) mass is 792 g/mol. The molecule has 0 N–H and O–H groups in total. The summed E-state index contributed by atoms with van der Waals surface area (Å²) in [6.45, 7) is 0. The van der Waals surface area contributed by atoms with Gasteiger partial charge in [-0.3, -0.25) is 0 Å². The van der Waals surface area contributed by atoms with Gasteiger partial charge in [0.05, 0.1) is 22.8 Å². The van der Waals surface area contributed by atoms with Crippen LogP contribution in [0.4, 0.5) is 0 Å². The molecular formula is C58H36N2S. The number of aromatic nitrogens is 2. The third-order valence-corrected chi connectivity index (χ3v) is 12.5. The van der Waals surface area contributed by atoms with Gasteiger partial charge in [0.15, 0.2) is 0 Å². The Hall–Kier alpha value is -7.90. The van der Waals surface area contributed by atoms with Crippen LogP contribution in [-0.2, 0) is 0 Å². The van der Waals surface area contributed by atoms with Crippen LogP contribution in [0, 0.1) is 12.1 Å². The lowest BCUT2D eigenvalue weighted by molar-refractivity contribution is 1.32. The predicted molar refractivity (Wildman–Crippen MR) is 256 cm³/mol. The number of rotatable bonds is 8. The molecule has 0 aliphatic carbocycles. The second-order valence-corrected chi connectivity index (χ2v) is 16.3. The van der Waals surface area contributed by atoms with Crippen molar-refractivity contribution in [2.24, 2.45) is 0 Å². The maximum Gasteiger partial charge on any atom is 0.0722 e. The summed E-state index contributed by atoms with van der Waals surface area (Å²) in [7, 11) is 0. The van der Waals surface area contributed by atoms with Gasteiger partial charge < -0.3 is 0 Å². The van der Waals surface area contributed by atoms with Gasteiger partial charge in [-0.2, -0.15) is 0 Å². The average molecular weight is 793 g/mol. The normalized spacial score (nSPS) is 11.1. The zero-order chi connectivity index (χ0) is 40.5. The van der Waals surface area contributed by atoms with Gasteiger partial charge in [-0.05, 0) is 123 Å². The molecule has 0 atom stereocenters. The van der Waals surface area contributed by atoms with E-state index in [0.717, 1.165) is 67.3 Å². The lowest BCUT2D eigenvalue weighted by Gasteiger charge is -2.12. The van der Waals surface area contributed by atoms with E-state index < -0.39 is 0 Å². The van der Waals surface area contributed by atoms with E-state index in [0.29, 0.717) is 0 Å². The van der Waals surface area contributed by atoms with Crippen molar-refractivity contribution in [2.45, 2.75) is 0 Å².